The van der Waals surface area contributed by atoms with Crippen molar-refractivity contribution in [1.82, 2.24) is 15.0 Å². The van der Waals surface area contributed by atoms with Gasteiger partial charge in [-0.25, -0.2) is 0 Å². The van der Waals surface area contributed by atoms with Crippen molar-refractivity contribution in [1.29, 1.82) is 0 Å². The Morgan fingerprint density at radius 1 is 1.24 bits per heavy atom. The number of aromatic nitrogens is 3. The number of ether oxygens (including phenoxy) is 1. The highest BCUT2D eigenvalue weighted by molar-refractivity contribution is 5.43. The van der Waals surface area contributed by atoms with Gasteiger partial charge in [0.2, 0.25) is 17.8 Å². The van der Waals surface area contributed by atoms with Crippen LogP contribution in [0.1, 0.15) is 19.8 Å². The van der Waals surface area contributed by atoms with Crippen LogP contribution in [-0.2, 0) is 4.74 Å². The summed E-state index contributed by atoms with van der Waals surface area (Å²) in [5, 5.41) is 16.5. The fourth-order valence-electron chi connectivity index (χ4n) is 1.94. The Bertz CT molecular complexity index is 462. The van der Waals surface area contributed by atoms with Gasteiger partial charge < -0.3 is 25.4 Å². The molecule has 2 heterocycles. The van der Waals surface area contributed by atoms with E-state index in [4.69, 9.17) is 4.74 Å². The third-order valence-corrected chi connectivity index (χ3v) is 3.21. The summed E-state index contributed by atoms with van der Waals surface area (Å²) in [5.41, 5.74) is -0.845. The molecule has 3 N–H and O–H groups in total. The van der Waals surface area contributed by atoms with Gasteiger partial charge in [-0.3, -0.25) is 0 Å². The molecule has 21 heavy (non-hydrogen) atoms. The average molecular weight is 296 g/mol. The van der Waals surface area contributed by atoms with E-state index < -0.39 is 5.60 Å². The molecular weight excluding hydrogens is 272 g/mol. The van der Waals surface area contributed by atoms with Crippen LogP contribution < -0.4 is 15.5 Å². The summed E-state index contributed by atoms with van der Waals surface area (Å²) < 4.78 is 5.22. The van der Waals surface area contributed by atoms with E-state index in [0.717, 1.165) is 13.0 Å². The lowest BCUT2D eigenvalue weighted by Gasteiger charge is -2.21. The quantitative estimate of drug-likeness (QED) is 0.662. The molecule has 1 aliphatic rings. The molecule has 1 aliphatic heterocycles. The first-order chi connectivity index (χ1) is 10.0. The van der Waals surface area contributed by atoms with Crippen molar-refractivity contribution in [3.63, 3.8) is 0 Å². The molecule has 0 aliphatic carbocycles. The molecule has 1 atom stereocenters. The Morgan fingerprint density at radius 3 is 2.52 bits per heavy atom. The summed E-state index contributed by atoms with van der Waals surface area (Å²) in [4.78, 5) is 14.8. The minimum Gasteiger partial charge on any atom is -0.386 e. The normalized spacial score (nSPS) is 21.3. The molecule has 2 rings (SSSR count). The lowest BCUT2D eigenvalue weighted by atomic mass is 10.0. The van der Waals surface area contributed by atoms with E-state index in [1.165, 1.54) is 0 Å². The Labute approximate surface area is 125 Å². The molecule has 0 spiro atoms. The number of rotatable bonds is 7. The lowest BCUT2D eigenvalue weighted by Crippen LogP contribution is -2.37. The van der Waals surface area contributed by atoms with Gasteiger partial charge in [-0.2, -0.15) is 15.0 Å². The molecule has 0 aromatic carbocycles. The molecular formula is C13H24N6O2. The number of nitrogens with one attached hydrogen (secondary N) is 2. The van der Waals surface area contributed by atoms with E-state index >= 15 is 0 Å². The van der Waals surface area contributed by atoms with Crippen LogP contribution in [0.3, 0.4) is 0 Å². The Balaban J connectivity index is 2.07. The number of hydrogen-bond acceptors (Lipinski definition) is 8. The predicted octanol–water partition coefficient (Wildman–Crippen LogP) is 0.323. The Morgan fingerprint density at radius 2 is 1.95 bits per heavy atom. The van der Waals surface area contributed by atoms with Crippen LogP contribution in [0.2, 0.25) is 0 Å². The summed E-state index contributed by atoms with van der Waals surface area (Å²) in [6, 6.07) is 0. The van der Waals surface area contributed by atoms with Crippen molar-refractivity contribution in [2.24, 2.45) is 0 Å². The molecule has 1 saturated heterocycles. The van der Waals surface area contributed by atoms with Crippen molar-refractivity contribution in [2.75, 3.05) is 55.9 Å². The second kappa shape index (κ2) is 6.86. The van der Waals surface area contributed by atoms with Gasteiger partial charge in [0.05, 0.1) is 6.61 Å². The second-order valence-electron chi connectivity index (χ2n) is 5.48. The molecule has 118 valence electrons. The summed E-state index contributed by atoms with van der Waals surface area (Å²) in [6.07, 6.45) is 1.61. The highest BCUT2D eigenvalue weighted by Crippen LogP contribution is 2.19. The summed E-state index contributed by atoms with van der Waals surface area (Å²) in [6.45, 7) is 4.16. The molecule has 1 aromatic heterocycles. The van der Waals surface area contributed by atoms with Crippen molar-refractivity contribution < 1.29 is 9.84 Å². The van der Waals surface area contributed by atoms with Gasteiger partial charge in [0.15, 0.2) is 0 Å². The molecule has 0 amide bonds. The smallest absolute Gasteiger partial charge is 0.231 e. The Hall–Kier alpha value is -1.67. The van der Waals surface area contributed by atoms with Gasteiger partial charge in [0.25, 0.3) is 0 Å². The lowest BCUT2D eigenvalue weighted by molar-refractivity contribution is 0.0380. The standard InChI is InChI=1S/C13H24N6O2/c1-4-6-14-10-16-11(18-12(17-10)19(2)3)15-8-13(20)5-7-21-9-13/h20H,4-9H2,1-3H3,(H2,14,15,16,17,18). The zero-order valence-electron chi connectivity index (χ0n) is 12.9. The van der Waals surface area contributed by atoms with Crippen LogP contribution >= 0.6 is 0 Å². The minimum atomic E-state index is -0.845. The fraction of sp³-hybridized carbons (Fsp3) is 0.769. The third kappa shape index (κ3) is 4.40. The molecule has 0 radical (unpaired) electrons. The number of aliphatic hydroxyl groups is 1. The average Bonchev–Trinajstić information content (AvgIpc) is 2.90. The van der Waals surface area contributed by atoms with Crippen LogP contribution in [0.15, 0.2) is 0 Å². The molecule has 0 saturated carbocycles. The summed E-state index contributed by atoms with van der Waals surface area (Å²) in [7, 11) is 3.75. The molecule has 1 unspecified atom stereocenters. The maximum absolute atomic E-state index is 10.3. The van der Waals surface area contributed by atoms with Crippen molar-refractivity contribution >= 4 is 17.8 Å². The van der Waals surface area contributed by atoms with Crippen LogP contribution in [-0.4, -0.2) is 66.1 Å². The van der Waals surface area contributed by atoms with E-state index in [2.05, 4.69) is 32.5 Å². The van der Waals surface area contributed by atoms with Gasteiger partial charge in [-0.15, -0.1) is 0 Å². The van der Waals surface area contributed by atoms with E-state index in [-0.39, 0.29) is 0 Å². The Kier molecular flexibility index (Phi) is 5.13. The largest absolute Gasteiger partial charge is 0.386 e. The highest BCUT2D eigenvalue weighted by Gasteiger charge is 2.32. The van der Waals surface area contributed by atoms with Crippen LogP contribution in [0.25, 0.3) is 0 Å². The van der Waals surface area contributed by atoms with E-state index in [1.807, 2.05) is 19.0 Å². The number of hydrogen-bond donors (Lipinski definition) is 3. The van der Waals surface area contributed by atoms with E-state index in [9.17, 15) is 5.11 Å². The van der Waals surface area contributed by atoms with Gasteiger partial charge in [0, 0.05) is 40.2 Å². The SMILES string of the molecule is CCCNc1nc(NCC2(O)CCOC2)nc(N(C)C)n1. The second-order valence-corrected chi connectivity index (χ2v) is 5.48. The number of anilines is 3. The van der Waals surface area contributed by atoms with E-state index in [0.29, 0.717) is 44.0 Å². The highest BCUT2D eigenvalue weighted by atomic mass is 16.5. The van der Waals surface area contributed by atoms with Crippen molar-refractivity contribution in [2.45, 2.75) is 25.4 Å². The molecule has 0 bridgehead atoms. The summed E-state index contributed by atoms with van der Waals surface area (Å²) >= 11 is 0. The van der Waals surface area contributed by atoms with Crippen molar-refractivity contribution in [3.8, 4) is 0 Å². The topological polar surface area (TPSA) is 95.4 Å². The van der Waals surface area contributed by atoms with Gasteiger partial charge >= 0.3 is 0 Å². The maximum Gasteiger partial charge on any atom is 0.231 e. The van der Waals surface area contributed by atoms with Crippen LogP contribution in [0.4, 0.5) is 17.8 Å². The monoisotopic (exact) mass is 296 g/mol. The van der Waals surface area contributed by atoms with Gasteiger partial charge in [-0.1, -0.05) is 6.92 Å². The molecule has 8 heteroatoms. The van der Waals surface area contributed by atoms with Crippen LogP contribution in [0.5, 0.6) is 0 Å². The zero-order chi connectivity index (χ0) is 15.3. The summed E-state index contributed by atoms with van der Waals surface area (Å²) in [5.74, 6) is 1.56. The van der Waals surface area contributed by atoms with Gasteiger partial charge in [0.1, 0.15) is 5.60 Å². The minimum absolute atomic E-state index is 0.340. The van der Waals surface area contributed by atoms with E-state index in [1.54, 1.807) is 0 Å². The van der Waals surface area contributed by atoms with Gasteiger partial charge in [-0.05, 0) is 6.42 Å². The molecule has 8 nitrogen and oxygen atoms in total. The van der Waals surface area contributed by atoms with Crippen molar-refractivity contribution in [3.05, 3.63) is 0 Å². The molecule has 1 fully saturated rings. The third-order valence-electron chi connectivity index (χ3n) is 3.21. The van der Waals surface area contributed by atoms with Crippen LogP contribution in [0, 0.1) is 0 Å². The number of nitrogens with zero attached hydrogens (tertiary/aromatic N) is 4. The zero-order valence-corrected chi connectivity index (χ0v) is 12.9. The fourth-order valence-corrected chi connectivity index (χ4v) is 1.94. The first kappa shape index (κ1) is 15.7. The predicted molar refractivity (Wildman–Crippen MR) is 81.8 cm³/mol. The molecule has 1 aromatic rings. The first-order valence-electron chi connectivity index (χ1n) is 7.24. The first-order valence-corrected chi connectivity index (χ1v) is 7.24. The maximum atomic E-state index is 10.3.